The highest BCUT2D eigenvalue weighted by molar-refractivity contribution is 5.32. The average Bonchev–Trinajstić information content (AvgIpc) is 2.83. The van der Waals surface area contributed by atoms with Gasteiger partial charge in [0, 0.05) is 26.1 Å². The summed E-state index contributed by atoms with van der Waals surface area (Å²) in [6.07, 6.45) is -2.14. The van der Waals surface area contributed by atoms with Gasteiger partial charge in [-0.3, -0.25) is 0 Å². The summed E-state index contributed by atoms with van der Waals surface area (Å²) in [6.45, 7) is 2.25. The number of rotatable bonds is 5. The molecule has 0 saturated carbocycles. The lowest BCUT2D eigenvalue weighted by atomic mass is 10.0. The zero-order valence-corrected chi connectivity index (χ0v) is 11.9. The van der Waals surface area contributed by atoms with Crippen LogP contribution in [0.2, 0.25) is 0 Å². The number of aromatic nitrogens is 3. The van der Waals surface area contributed by atoms with Gasteiger partial charge < -0.3 is 9.88 Å². The van der Waals surface area contributed by atoms with Crippen molar-refractivity contribution in [2.75, 3.05) is 6.54 Å². The van der Waals surface area contributed by atoms with Crippen LogP contribution < -0.4 is 5.32 Å². The molecule has 2 rings (SSSR count). The molecule has 21 heavy (non-hydrogen) atoms. The normalized spacial score (nSPS) is 13.4. The first-order valence-electron chi connectivity index (χ1n) is 6.62. The fraction of sp³-hybridized carbons (Fsp3) is 0.429. The van der Waals surface area contributed by atoms with Gasteiger partial charge in [-0.1, -0.05) is 18.2 Å². The Morgan fingerprint density at radius 1 is 1.29 bits per heavy atom. The lowest BCUT2D eigenvalue weighted by Crippen LogP contribution is -2.24. The Balaban J connectivity index is 2.01. The Hall–Kier alpha value is -1.89. The molecule has 0 fully saturated rings. The topological polar surface area (TPSA) is 42.7 Å². The van der Waals surface area contributed by atoms with E-state index in [-0.39, 0.29) is 5.56 Å². The molecule has 0 bridgehead atoms. The summed E-state index contributed by atoms with van der Waals surface area (Å²) in [5.41, 5.74) is -0.341. The number of nitrogens with zero attached hydrogens (tertiary/aromatic N) is 3. The molecule has 0 spiro atoms. The summed E-state index contributed by atoms with van der Waals surface area (Å²) >= 11 is 0. The SMILES string of the molecule is CC(NCCc1nncn1C)c1ccccc1C(F)(F)F. The average molecular weight is 298 g/mol. The maximum atomic E-state index is 13.0. The lowest BCUT2D eigenvalue weighted by Gasteiger charge is -2.19. The first-order chi connectivity index (χ1) is 9.89. The molecule has 4 nitrogen and oxygen atoms in total. The van der Waals surface area contributed by atoms with E-state index >= 15 is 0 Å². The second-order valence-electron chi connectivity index (χ2n) is 4.87. The number of halogens is 3. The van der Waals surface area contributed by atoms with E-state index in [1.165, 1.54) is 12.1 Å². The van der Waals surface area contributed by atoms with Crippen molar-refractivity contribution in [3.8, 4) is 0 Å². The number of hydrogen-bond donors (Lipinski definition) is 1. The second-order valence-corrected chi connectivity index (χ2v) is 4.87. The third kappa shape index (κ3) is 3.81. The third-order valence-electron chi connectivity index (χ3n) is 3.34. The monoisotopic (exact) mass is 298 g/mol. The van der Waals surface area contributed by atoms with Gasteiger partial charge in [-0.25, -0.2) is 0 Å². The molecule has 0 saturated heterocycles. The Kier molecular flexibility index (Phi) is 4.62. The van der Waals surface area contributed by atoms with Crippen LogP contribution in [-0.4, -0.2) is 21.3 Å². The summed E-state index contributed by atoms with van der Waals surface area (Å²) in [5, 5.41) is 10.8. The van der Waals surface area contributed by atoms with E-state index in [0.29, 0.717) is 13.0 Å². The van der Waals surface area contributed by atoms with Crippen LogP contribution in [0.25, 0.3) is 0 Å². The Morgan fingerprint density at radius 2 is 2.00 bits per heavy atom. The predicted molar refractivity (Wildman–Crippen MR) is 72.6 cm³/mol. The van der Waals surface area contributed by atoms with Crippen LogP contribution >= 0.6 is 0 Å². The van der Waals surface area contributed by atoms with Gasteiger partial charge in [0.05, 0.1) is 5.56 Å². The number of aryl methyl sites for hydroxylation is 1. The van der Waals surface area contributed by atoms with Gasteiger partial charge in [0.25, 0.3) is 0 Å². The second kappa shape index (κ2) is 6.26. The minimum Gasteiger partial charge on any atom is -0.321 e. The van der Waals surface area contributed by atoms with Crippen molar-refractivity contribution in [2.24, 2.45) is 7.05 Å². The van der Waals surface area contributed by atoms with Gasteiger partial charge in [-0.05, 0) is 18.6 Å². The highest BCUT2D eigenvalue weighted by atomic mass is 19.4. The molecule has 1 atom stereocenters. The van der Waals surface area contributed by atoms with Crippen LogP contribution in [0.5, 0.6) is 0 Å². The quantitative estimate of drug-likeness (QED) is 0.923. The van der Waals surface area contributed by atoms with Gasteiger partial charge in [0.15, 0.2) is 0 Å². The molecule has 1 unspecified atom stereocenters. The highest BCUT2D eigenvalue weighted by Crippen LogP contribution is 2.34. The summed E-state index contributed by atoms with van der Waals surface area (Å²) in [6, 6.07) is 5.24. The highest BCUT2D eigenvalue weighted by Gasteiger charge is 2.33. The number of alkyl halides is 3. The minimum absolute atomic E-state index is 0.253. The van der Waals surface area contributed by atoms with Crippen molar-refractivity contribution in [1.29, 1.82) is 0 Å². The zero-order valence-electron chi connectivity index (χ0n) is 11.9. The lowest BCUT2D eigenvalue weighted by molar-refractivity contribution is -0.138. The summed E-state index contributed by atoms with van der Waals surface area (Å²) in [4.78, 5) is 0. The molecule has 1 heterocycles. The van der Waals surface area contributed by atoms with Crippen LogP contribution in [-0.2, 0) is 19.6 Å². The molecule has 1 aromatic heterocycles. The first kappa shape index (κ1) is 15.5. The maximum absolute atomic E-state index is 13.0. The molecule has 1 aromatic carbocycles. The number of nitrogens with one attached hydrogen (secondary N) is 1. The molecule has 0 aliphatic rings. The Labute approximate surface area is 121 Å². The molecule has 2 aromatic rings. The van der Waals surface area contributed by atoms with Crippen LogP contribution in [0.3, 0.4) is 0 Å². The van der Waals surface area contributed by atoms with Crippen LogP contribution in [0.15, 0.2) is 30.6 Å². The smallest absolute Gasteiger partial charge is 0.321 e. The standard InChI is InChI=1S/C14H17F3N4/c1-10(18-8-7-13-20-19-9-21(13)2)11-5-3-4-6-12(11)14(15,16)17/h3-6,9-10,18H,7-8H2,1-2H3. The van der Waals surface area contributed by atoms with Crippen LogP contribution in [0.1, 0.15) is 29.9 Å². The fourth-order valence-corrected chi connectivity index (χ4v) is 2.18. The largest absolute Gasteiger partial charge is 0.416 e. The van der Waals surface area contributed by atoms with Crippen molar-refractivity contribution in [3.63, 3.8) is 0 Å². The molecular weight excluding hydrogens is 281 g/mol. The number of benzene rings is 1. The molecule has 0 aliphatic heterocycles. The van der Waals surface area contributed by atoms with Crippen molar-refractivity contribution < 1.29 is 13.2 Å². The Morgan fingerprint density at radius 3 is 2.62 bits per heavy atom. The van der Waals surface area contributed by atoms with E-state index in [1.807, 2.05) is 7.05 Å². The molecule has 0 aliphatic carbocycles. The molecule has 7 heteroatoms. The molecule has 114 valence electrons. The zero-order chi connectivity index (χ0) is 15.5. The van der Waals surface area contributed by atoms with E-state index in [4.69, 9.17) is 0 Å². The minimum atomic E-state index is -4.34. The van der Waals surface area contributed by atoms with E-state index in [2.05, 4.69) is 15.5 Å². The fourth-order valence-electron chi connectivity index (χ4n) is 2.18. The van der Waals surface area contributed by atoms with Crippen LogP contribution in [0.4, 0.5) is 13.2 Å². The van der Waals surface area contributed by atoms with Gasteiger partial charge in [-0.15, -0.1) is 10.2 Å². The Bertz CT molecular complexity index is 592. The van der Waals surface area contributed by atoms with E-state index in [1.54, 1.807) is 23.9 Å². The first-order valence-corrected chi connectivity index (χ1v) is 6.62. The summed E-state index contributed by atoms with van der Waals surface area (Å²) < 4.78 is 40.7. The molecule has 1 N–H and O–H groups in total. The summed E-state index contributed by atoms with van der Waals surface area (Å²) in [7, 11) is 1.83. The molecular formula is C14H17F3N4. The van der Waals surface area contributed by atoms with Crippen molar-refractivity contribution in [1.82, 2.24) is 20.1 Å². The maximum Gasteiger partial charge on any atom is 0.416 e. The van der Waals surface area contributed by atoms with E-state index < -0.39 is 17.8 Å². The van der Waals surface area contributed by atoms with Crippen molar-refractivity contribution >= 4 is 0 Å². The molecule has 0 amide bonds. The van der Waals surface area contributed by atoms with Gasteiger partial charge in [-0.2, -0.15) is 13.2 Å². The van der Waals surface area contributed by atoms with Crippen molar-refractivity contribution in [3.05, 3.63) is 47.5 Å². The predicted octanol–water partition coefficient (Wildman–Crippen LogP) is 2.73. The van der Waals surface area contributed by atoms with Gasteiger partial charge in [0.2, 0.25) is 0 Å². The summed E-state index contributed by atoms with van der Waals surface area (Å²) in [5.74, 6) is 0.791. The van der Waals surface area contributed by atoms with E-state index in [9.17, 15) is 13.2 Å². The third-order valence-corrected chi connectivity index (χ3v) is 3.34. The van der Waals surface area contributed by atoms with Crippen molar-refractivity contribution in [2.45, 2.75) is 25.6 Å². The van der Waals surface area contributed by atoms with Gasteiger partial charge in [0.1, 0.15) is 12.2 Å². The number of hydrogen-bond acceptors (Lipinski definition) is 3. The van der Waals surface area contributed by atoms with Gasteiger partial charge >= 0.3 is 6.18 Å². The molecule has 0 radical (unpaired) electrons. The van der Waals surface area contributed by atoms with E-state index in [0.717, 1.165) is 11.9 Å². The van der Waals surface area contributed by atoms with Crippen LogP contribution in [0, 0.1) is 0 Å².